The van der Waals surface area contributed by atoms with E-state index in [0.29, 0.717) is 5.69 Å². The number of amides is 2. The maximum Gasteiger partial charge on any atom is 0.306 e. The number of hydrogen-bond donors (Lipinski definition) is 5. The number of carbonyl (C=O) groups excluding carboxylic acids is 2. The smallest absolute Gasteiger partial charge is 0.306 e. The lowest BCUT2D eigenvalue weighted by atomic mass is 10.2. The maximum absolute atomic E-state index is 12.0. The predicted molar refractivity (Wildman–Crippen MR) is 87.3 cm³/mol. The fraction of sp³-hybridized carbons (Fsp3) is 0.200. The van der Waals surface area contributed by atoms with Crippen molar-refractivity contribution < 1.29 is 19.5 Å². The Bertz CT molecular complexity index is 704. The average Bonchev–Trinajstić information content (AvgIpc) is 2.51. The molecule has 0 aliphatic rings. The van der Waals surface area contributed by atoms with Crippen LogP contribution in [0.4, 0.5) is 5.69 Å². The Hall–Kier alpha value is -3.54. The van der Waals surface area contributed by atoms with E-state index < -0.39 is 30.2 Å². The van der Waals surface area contributed by atoms with Gasteiger partial charge >= 0.3 is 5.97 Å². The second-order valence-electron chi connectivity index (χ2n) is 4.65. The molecule has 0 saturated heterocycles. The van der Waals surface area contributed by atoms with Crippen LogP contribution < -0.4 is 22.1 Å². The summed E-state index contributed by atoms with van der Waals surface area (Å²) in [7, 11) is 0. The van der Waals surface area contributed by atoms with Crippen molar-refractivity contribution >= 4 is 29.4 Å². The first-order valence-electron chi connectivity index (χ1n) is 6.77. The third-order valence-electron chi connectivity index (χ3n) is 2.69. The summed E-state index contributed by atoms with van der Waals surface area (Å²) in [6, 6.07) is 5.21. The van der Waals surface area contributed by atoms with Crippen LogP contribution in [0.3, 0.4) is 0 Å². The van der Waals surface area contributed by atoms with E-state index in [-0.39, 0.29) is 18.1 Å². The van der Waals surface area contributed by atoms with Gasteiger partial charge in [0.15, 0.2) is 5.96 Å². The number of carbonyl (C=O) groups is 3. The highest BCUT2D eigenvalue weighted by Gasteiger charge is 2.14. The zero-order chi connectivity index (χ0) is 18.1. The molecule has 2 amide bonds. The second kappa shape index (κ2) is 8.79. The maximum atomic E-state index is 12.0. The number of guanidine groups is 1. The molecule has 0 radical (unpaired) electrons. The summed E-state index contributed by atoms with van der Waals surface area (Å²) in [5, 5.41) is 13.3. The third-order valence-corrected chi connectivity index (χ3v) is 2.69. The number of nitrogens with two attached hydrogens (primary N) is 2. The first kappa shape index (κ1) is 18.5. The van der Waals surface area contributed by atoms with E-state index in [9.17, 15) is 14.4 Å². The molecule has 0 spiro atoms. The molecular weight excluding hydrogens is 314 g/mol. The van der Waals surface area contributed by atoms with E-state index in [0.717, 1.165) is 0 Å². The van der Waals surface area contributed by atoms with Gasteiger partial charge in [-0.15, -0.1) is 6.42 Å². The van der Waals surface area contributed by atoms with Crippen LogP contribution in [-0.2, 0) is 9.59 Å². The quantitative estimate of drug-likeness (QED) is 0.242. The monoisotopic (exact) mass is 331 g/mol. The number of nitrogens with zero attached hydrogens (tertiary/aromatic N) is 1. The molecule has 7 N–H and O–H groups in total. The van der Waals surface area contributed by atoms with Gasteiger partial charge in [0.2, 0.25) is 5.91 Å². The van der Waals surface area contributed by atoms with Crippen molar-refractivity contribution in [3.8, 4) is 12.3 Å². The Kier molecular flexibility index (Phi) is 6.78. The minimum absolute atomic E-state index is 0.148. The van der Waals surface area contributed by atoms with Gasteiger partial charge in [0.1, 0.15) is 6.04 Å². The van der Waals surface area contributed by atoms with Gasteiger partial charge in [-0.1, -0.05) is 12.0 Å². The van der Waals surface area contributed by atoms with Crippen molar-refractivity contribution in [2.45, 2.75) is 12.5 Å². The van der Waals surface area contributed by atoms with Gasteiger partial charge in [0.05, 0.1) is 18.7 Å². The standard InChI is InChI=1S/C15H17N5O4/c1-2-10(7-13(22)23)19-12(21)8-18-14(24)9-4-3-5-11(6-9)20-15(16)17/h1,3-6,10H,7-8H2,(H,18,24)(H,19,21)(H,22,23)(H4,16,17,20)/t10-/m1/s1. The molecule has 0 aromatic heterocycles. The molecule has 1 rings (SSSR count). The largest absolute Gasteiger partial charge is 0.481 e. The van der Waals surface area contributed by atoms with Crippen LogP contribution in [0.5, 0.6) is 0 Å². The number of rotatable bonds is 7. The summed E-state index contributed by atoms with van der Waals surface area (Å²) < 4.78 is 0. The van der Waals surface area contributed by atoms with E-state index in [1.165, 1.54) is 12.1 Å². The topological polar surface area (TPSA) is 160 Å². The number of carboxylic acid groups (broad SMARTS) is 1. The van der Waals surface area contributed by atoms with Gasteiger partial charge in [-0.3, -0.25) is 14.4 Å². The van der Waals surface area contributed by atoms with Gasteiger partial charge in [0, 0.05) is 5.56 Å². The number of aliphatic imine (C=N–C) groups is 1. The molecule has 0 aliphatic heterocycles. The SMILES string of the molecule is C#C[C@H](CC(=O)O)NC(=O)CNC(=O)c1cccc(N=C(N)N)c1. The van der Waals surface area contributed by atoms with Gasteiger partial charge in [-0.2, -0.15) is 0 Å². The molecule has 0 aliphatic carbocycles. The molecule has 1 aromatic carbocycles. The first-order valence-corrected chi connectivity index (χ1v) is 6.77. The number of aliphatic carboxylic acids is 1. The minimum Gasteiger partial charge on any atom is -0.481 e. The molecule has 0 saturated carbocycles. The van der Waals surface area contributed by atoms with Crippen molar-refractivity contribution in [2.75, 3.05) is 6.54 Å². The van der Waals surface area contributed by atoms with Crippen LogP contribution >= 0.6 is 0 Å². The van der Waals surface area contributed by atoms with Crippen molar-refractivity contribution in [2.24, 2.45) is 16.5 Å². The van der Waals surface area contributed by atoms with Crippen molar-refractivity contribution in [3.05, 3.63) is 29.8 Å². The average molecular weight is 331 g/mol. The van der Waals surface area contributed by atoms with Gasteiger partial charge in [-0.25, -0.2) is 4.99 Å². The summed E-state index contributed by atoms with van der Waals surface area (Å²) in [5.74, 6) is -0.266. The van der Waals surface area contributed by atoms with E-state index >= 15 is 0 Å². The first-order chi connectivity index (χ1) is 11.3. The molecular formula is C15H17N5O4. The molecule has 0 heterocycles. The van der Waals surface area contributed by atoms with E-state index in [2.05, 4.69) is 21.5 Å². The summed E-state index contributed by atoms with van der Waals surface area (Å²) in [5.41, 5.74) is 11.2. The van der Waals surface area contributed by atoms with Crippen LogP contribution in [0.15, 0.2) is 29.3 Å². The van der Waals surface area contributed by atoms with Crippen LogP contribution in [0.1, 0.15) is 16.8 Å². The molecule has 24 heavy (non-hydrogen) atoms. The Balaban J connectivity index is 2.60. The predicted octanol–water partition coefficient (Wildman–Crippen LogP) is -1.09. The van der Waals surface area contributed by atoms with E-state index in [1.54, 1.807) is 12.1 Å². The van der Waals surface area contributed by atoms with Crippen molar-refractivity contribution in [1.29, 1.82) is 0 Å². The fourth-order valence-corrected chi connectivity index (χ4v) is 1.70. The Morgan fingerprint density at radius 1 is 1.33 bits per heavy atom. The highest BCUT2D eigenvalue weighted by molar-refractivity contribution is 5.97. The van der Waals surface area contributed by atoms with Crippen molar-refractivity contribution in [3.63, 3.8) is 0 Å². The molecule has 126 valence electrons. The molecule has 0 fully saturated rings. The second-order valence-corrected chi connectivity index (χ2v) is 4.65. The minimum atomic E-state index is -1.14. The summed E-state index contributed by atoms with van der Waals surface area (Å²) in [6.07, 6.45) is 4.72. The van der Waals surface area contributed by atoms with Gasteiger partial charge in [0.25, 0.3) is 5.91 Å². The van der Waals surface area contributed by atoms with Crippen LogP contribution in [-0.4, -0.2) is 41.4 Å². The summed E-state index contributed by atoms with van der Waals surface area (Å²) in [4.78, 5) is 38.0. The van der Waals surface area contributed by atoms with Gasteiger partial charge < -0.3 is 27.2 Å². The van der Waals surface area contributed by atoms with Gasteiger partial charge in [-0.05, 0) is 18.2 Å². The number of terminal acetylenes is 1. The number of carboxylic acids is 1. The molecule has 9 nitrogen and oxygen atoms in total. The summed E-state index contributed by atoms with van der Waals surface area (Å²) in [6.45, 7) is -0.358. The van der Waals surface area contributed by atoms with Crippen LogP contribution in [0, 0.1) is 12.3 Å². The molecule has 1 atom stereocenters. The van der Waals surface area contributed by atoms with Crippen LogP contribution in [0.25, 0.3) is 0 Å². The van der Waals surface area contributed by atoms with Crippen molar-refractivity contribution in [1.82, 2.24) is 10.6 Å². The molecule has 9 heteroatoms. The molecule has 1 aromatic rings. The zero-order valence-electron chi connectivity index (χ0n) is 12.7. The Labute approximate surface area is 138 Å². The zero-order valence-corrected chi connectivity index (χ0v) is 12.7. The van der Waals surface area contributed by atoms with E-state index in [1.807, 2.05) is 0 Å². The molecule has 0 unspecified atom stereocenters. The normalized spacial score (nSPS) is 10.8. The number of benzene rings is 1. The van der Waals surface area contributed by atoms with E-state index in [4.69, 9.17) is 23.0 Å². The third kappa shape index (κ3) is 6.48. The van der Waals surface area contributed by atoms with Crippen LogP contribution in [0.2, 0.25) is 0 Å². The highest BCUT2D eigenvalue weighted by atomic mass is 16.4. The lowest BCUT2D eigenvalue weighted by Crippen LogP contribution is -2.42. The lowest BCUT2D eigenvalue weighted by molar-refractivity contribution is -0.137. The summed E-state index contributed by atoms with van der Waals surface area (Å²) >= 11 is 0. The number of hydrogen-bond acceptors (Lipinski definition) is 4. The highest BCUT2D eigenvalue weighted by Crippen LogP contribution is 2.13. The Morgan fingerprint density at radius 3 is 2.62 bits per heavy atom. The fourth-order valence-electron chi connectivity index (χ4n) is 1.70. The lowest BCUT2D eigenvalue weighted by Gasteiger charge is -2.11. The Morgan fingerprint density at radius 2 is 2.04 bits per heavy atom. The molecule has 0 bridgehead atoms. The number of nitrogens with one attached hydrogen (secondary N) is 2.